The number of furan rings is 1. The van der Waals surface area contributed by atoms with Crippen LogP contribution in [0.1, 0.15) is 10.6 Å². The summed E-state index contributed by atoms with van der Waals surface area (Å²) in [4.78, 5) is 14.1. The molecule has 0 N–H and O–H groups in total. The number of aromatic nitrogens is 1. The number of hydrogen-bond donors (Lipinski definition) is 0. The van der Waals surface area contributed by atoms with E-state index in [1.54, 1.807) is 18.3 Å². The van der Waals surface area contributed by atoms with Crippen molar-refractivity contribution in [2.24, 2.45) is 0 Å². The highest BCUT2D eigenvalue weighted by molar-refractivity contribution is 6.33. The first kappa shape index (κ1) is 7.31. The zero-order valence-electron chi connectivity index (χ0n) is 5.95. The van der Waals surface area contributed by atoms with E-state index in [2.05, 4.69) is 4.98 Å². The van der Waals surface area contributed by atoms with Crippen LogP contribution in [0.25, 0.3) is 11.0 Å². The van der Waals surface area contributed by atoms with Crippen LogP contribution in [0.15, 0.2) is 22.7 Å². The van der Waals surface area contributed by atoms with Crippen LogP contribution in [0, 0.1) is 0 Å². The fraction of sp³-hybridized carbons (Fsp3) is 0. The maximum Gasteiger partial charge on any atom is 0.185 e. The Labute approximate surface area is 73.0 Å². The van der Waals surface area contributed by atoms with Crippen LogP contribution < -0.4 is 0 Å². The van der Waals surface area contributed by atoms with Crippen molar-refractivity contribution in [3.8, 4) is 0 Å². The van der Waals surface area contributed by atoms with Crippen molar-refractivity contribution in [3.63, 3.8) is 0 Å². The Morgan fingerprint density at radius 1 is 1.58 bits per heavy atom. The normalized spacial score (nSPS) is 10.4. The van der Waals surface area contributed by atoms with Gasteiger partial charge < -0.3 is 4.42 Å². The van der Waals surface area contributed by atoms with Gasteiger partial charge in [0.05, 0.1) is 0 Å². The van der Waals surface area contributed by atoms with E-state index in [-0.39, 0.29) is 10.9 Å². The summed E-state index contributed by atoms with van der Waals surface area (Å²) in [6, 6.07) is 3.35. The van der Waals surface area contributed by atoms with Crippen molar-refractivity contribution in [1.29, 1.82) is 0 Å². The summed E-state index contributed by atoms with van der Waals surface area (Å²) < 4.78 is 5.09. The average Bonchev–Trinajstić information content (AvgIpc) is 2.49. The first-order valence-corrected chi connectivity index (χ1v) is 3.68. The first-order chi connectivity index (χ1) is 5.81. The standard InChI is InChI=1S/C8H4ClNO2/c9-8-7-5(1-2-10-8)3-6(4-11)12-7/h1-4H. The molecule has 2 aromatic rings. The number of carbonyl (C=O) groups is 1. The third-order valence-electron chi connectivity index (χ3n) is 1.53. The number of fused-ring (bicyclic) bond motifs is 1. The lowest BCUT2D eigenvalue weighted by atomic mass is 10.3. The summed E-state index contributed by atoms with van der Waals surface area (Å²) in [6.45, 7) is 0. The van der Waals surface area contributed by atoms with Crippen LogP contribution in [0.3, 0.4) is 0 Å². The summed E-state index contributed by atoms with van der Waals surface area (Å²) in [5, 5.41) is 1.07. The van der Waals surface area contributed by atoms with E-state index < -0.39 is 0 Å². The lowest BCUT2D eigenvalue weighted by molar-refractivity contribution is 0.110. The molecule has 0 aromatic carbocycles. The van der Waals surface area contributed by atoms with Crippen molar-refractivity contribution in [2.75, 3.05) is 0 Å². The second-order valence-electron chi connectivity index (χ2n) is 2.29. The number of hydrogen-bond acceptors (Lipinski definition) is 3. The summed E-state index contributed by atoms with van der Waals surface area (Å²) in [5.74, 6) is 0.264. The van der Waals surface area contributed by atoms with Gasteiger partial charge in [-0.3, -0.25) is 4.79 Å². The fourth-order valence-corrected chi connectivity index (χ4v) is 1.21. The van der Waals surface area contributed by atoms with Crippen LogP contribution in [-0.2, 0) is 0 Å². The van der Waals surface area contributed by atoms with Crippen LogP contribution in [0.4, 0.5) is 0 Å². The third kappa shape index (κ3) is 0.987. The molecule has 3 nitrogen and oxygen atoms in total. The van der Waals surface area contributed by atoms with Gasteiger partial charge in [0, 0.05) is 11.6 Å². The molecule has 0 aliphatic heterocycles. The summed E-state index contributed by atoms with van der Waals surface area (Å²) in [6.07, 6.45) is 2.20. The average molecular weight is 182 g/mol. The predicted octanol–water partition coefficient (Wildman–Crippen LogP) is 2.29. The topological polar surface area (TPSA) is 43.1 Å². The molecule has 0 radical (unpaired) electrons. The van der Waals surface area contributed by atoms with E-state index in [0.717, 1.165) is 5.39 Å². The molecule has 0 aliphatic carbocycles. The second-order valence-corrected chi connectivity index (χ2v) is 2.64. The molecule has 2 heterocycles. The molecule has 4 heteroatoms. The molecule has 0 fully saturated rings. The second kappa shape index (κ2) is 2.60. The van der Waals surface area contributed by atoms with Crippen LogP contribution in [0.5, 0.6) is 0 Å². The van der Waals surface area contributed by atoms with Gasteiger partial charge in [-0.05, 0) is 12.1 Å². The van der Waals surface area contributed by atoms with Gasteiger partial charge in [-0.2, -0.15) is 0 Å². The molecular weight excluding hydrogens is 178 g/mol. The van der Waals surface area contributed by atoms with E-state index in [9.17, 15) is 4.79 Å². The Bertz CT molecular complexity index is 436. The molecule has 2 rings (SSSR count). The number of halogens is 1. The first-order valence-electron chi connectivity index (χ1n) is 3.30. The van der Waals surface area contributed by atoms with Gasteiger partial charge in [-0.15, -0.1) is 0 Å². The highest BCUT2D eigenvalue weighted by Gasteiger charge is 2.05. The zero-order chi connectivity index (χ0) is 8.55. The minimum atomic E-state index is 0.264. The van der Waals surface area contributed by atoms with Gasteiger partial charge in [-0.1, -0.05) is 11.6 Å². The smallest absolute Gasteiger partial charge is 0.185 e. The Morgan fingerprint density at radius 2 is 2.42 bits per heavy atom. The lowest BCUT2D eigenvalue weighted by Gasteiger charge is -1.87. The molecule has 0 unspecified atom stereocenters. The molecule has 0 saturated carbocycles. The Hall–Kier alpha value is -1.35. The van der Waals surface area contributed by atoms with Crippen LogP contribution in [-0.4, -0.2) is 11.3 Å². The number of rotatable bonds is 1. The van der Waals surface area contributed by atoms with Gasteiger partial charge in [0.1, 0.15) is 0 Å². The minimum absolute atomic E-state index is 0.264. The highest BCUT2D eigenvalue weighted by Crippen LogP contribution is 2.23. The predicted molar refractivity (Wildman–Crippen MR) is 44.4 cm³/mol. The molecular formula is C8H4ClNO2. The fourth-order valence-electron chi connectivity index (χ4n) is 1.01. The molecule has 0 aliphatic rings. The minimum Gasteiger partial charge on any atom is -0.450 e. The summed E-state index contributed by atoms with van der Waals surface area (Å²) >= 11 is 5.71. The van der Waals surface area contributed by atoms with Crippen LogP contribution >= 0.6 is 11.6 Å². The Balaban J connectivity index is 2.82. The van der Waals surface area contributed by atoms with E-state index in [0.29, 0.717) is 11.9 Å². The van der Waals surface area contributed by atoms with E-state index in [1.807, 2.05) is 0 Å². The molecule has 2 aromatic heterocycles. The zero-order valence-corrected chi connectivity index (χ0v) is 6.71. The Morgan fingerprint density at radius 3 is 3.08 bits per heavy atom. The van der Waals surface area contributed by atoms with Gasteiger partial charge >= 0.3 is 0 Å². The number of aldehydes is 1. The number of carbonyl (C=O) groups excluding carboxylic acids is 1. The quantitative estimate of drug-likeness (QED) is 0.501. The maximum atomic E-state index is 10.3. The Kier molecular flexibility index (Phi) is 1.59. The molecule has 0 bridgehead atoms. The molecule has 0 atom stereocenters. The maximum absolute atomic E-state index is 10.3. The van der Waals surface area contributed by atoms with Gasteiger partial charge in [0.2, 0.25) is 0 Å². The monoisotopic (exact) mass is 181 g/mol. The van der Waals surface area contributed by atoms with Crippen molar-refractivity contribution in [3.05, 3.63) is 29.2 Å². The summed E-state index contributed by atoms with van der Waals surface area (Å²) in [7, 11) is 0. The third-order valence-corrected chi connectivity index (χ3v) is 1.79. The van der Waals surface area contributed by atoms with E-state index in [4.69, 9.17) is 16.0 Å². The van der Waals surface area contributed by atoms with Crippen molar-refractivity contribution < 1.29 is 9.21 Å². The van der Waals surface area contributed by atoms with Gasteiger partial charge in [-0.25, -0.2) is 4.98 Å². The lowest BCUT2D eigenvalue weighted by Crippen LogP contribution is -1.71. The van der Waals surface area contributed by atoms with Gasteiger partial charge in [0.15, 0.2) is 22.8 Å². The summed E-state index contributed by atoms with van der Waals surface area (Å²) in [5.41, 5.74) is 0.460. The van der Waals surface area contributed by atoms with Gasteiger partial charge in [0.25, 0.3) is 0 Å². The molecule has 60 valence electrons. The number of pyridine rings is 1. The molecule has 0 saturated heterocycles. The van der Waals surface area contributed by atoms with E-state index in [1.165, 1.54) is 0 Å². The molecule has 0 amide bonds. The van der Waals surface area contributed by atoms with Crippen LogP contribution in [0.2, 0.25) is 5.15 Å². The molecule has 0 spiro atoms. The van der Waals surface area contributed by atoms with Crippen molar-refractivity contribution in [2.45, 2.75) is 0 Å². The van der Waals surface area contributed by atoms with Crippen molar-refractivity contribution in [1.82, 2.24) is 4.98 Å². The highest BCUT2D eigenvalue weighted by atomic mass is 35.5. The van der Waals surface area contributed by atoms with Crippen molar-refractivity contribution >= 4 is 28.9 Å². The SMILES string of the molecule is O=Cc1cc2ccnc(Cl)c2o1. The largest absolute Gasteiger partial charge is 0.450 e. The number of nitrogens with zero attached hydrogens (tertiary/aromatic N) is 1. The van der Waals surface area contributed by atoms with E-state index >= 15 is 0 Å². The molecule has 12 heavy (non-hydrogen) atoms.